The molecular formula is C27H26N2O2. The second-order valence-electron chi connectivity index (χ2n) is 7.32. The Morgan fingerprint density at radius 1 is 0.548 bits per heavy atom. The molecule has 4 N–H and O–H groups in total. The molecule has 0 bridgehead atoms. The van der Waals surface area contributed by atoms with Gasteiger partial charge in [-0.2, -0.15) is 0 Å². The summed E-state index contributed by atoms with van der Waals surface area (Å²) in [5.41, 5.74) is 15.6. The zero-order chi connectivity index (χ0) is 21.6. The zero-order valence-corrected chi connectivity index (χ0v) is 17.5. The molecule has 0 amide bonds. The molecule has 4 nitrogen and oxygen atoms in total. The number of nitrogen functional groups attached to an aromatic ring is 2. The van der Waals surface area contributed by atoms with E-state index in [1.54, 1.807) is 0 Å². The van der Waals surface area contributed by atoms with Crippen LogP contribution in [0.5, 0.6) is 23.0 Å². The summed E-state index contributed by atoms with van der Waals surface area (Å²) in [4.78, 5) is 0. The predicted octanol–water partition coefficient (Wildman–Crippen LogP) is 6.98. The van der Waals surface area contributed by atoms with Crippen molar-refractivity contribution in [2.75, 3.05) is 11.5 Å². The molecule has 4 heteroatoms. The molecule has 0 spiro atoms. The van der Waals surface area contributed by atoms with Crippen molar-refractivity contribution in [3.63, 3.8) is 0 Å². The molecule has 0 fully saturated rings. The number of rotatable bonds is 7. The van der Waals surface area contributed by atoms with Gasteiger partial charge >= 0.3 is 0 Å². The second-order valence-corrected chi connectivity index (χ2v) is 7.32. The molecule has 156 valence electrons. The molecule has 0 aromatic heterocycles. The highest BCUT2D eigenvalue weighted by atomic mass is 16.5. The van der Waals surface area contributed by atoms with Gasteiger partial charge in [0.15, 0.2) is 0 Å². The monoisotopic (exact) mass is 410 g/mol. The van der Waals surface area contributed by atoms with Crippen molar-refractivity contribution in [1.29, 1.82) is 0 Å². The first-order chi connectivity index (χ1) is 15.2. The highest BCUT2D eigenvalue weighted by Crippen LogP contribution is 2.42. The summed E-state index contributed by atoms with van der Waals surface area (Å²) in [6, 6.07) is 31.2. The summed E-state index contributed by atoms with van der Waals surface area (Å²) in [6.07, 6.45) is 0.870. The molecule has 4 aromatic carbocycles. The fourth-order valence-corrected chi connectivity index (χ4v) is 3.71. The van der Waals surface area contributed by atoms with Gasteiger partial charge < -0.3 is 20.9 Å². The van der Waals surface area contributed by atoms with Crippen molar-refractivity contribution in [3.05, 3.63) is 108 Å². The molecule has 0 saturated heterocycles. The molecule has 0 atom stereocenters. The maximum absolute atomic E-state index is 6.24. The van der Waals surface area contributed by atoms with Crippen molar-refractivity contribution in [3.8, 4) is 23.0 Å². The number of para-hydroxylation sites is 6. The van der Waals surface area contributed by atoms with Gasteiger partial charge in [0.05, 0.1) is 11.4 Å². The summed E-state index contributed by atoms with van der Waals surface area (Å²) in [7, 11) is 0. The van der Waals surface area contributed by atoms with Crippen LogP contribution in [0.2, 0.25) is 0 Å². The molecule has 0 aliphatic heterocycles. The van der Waals surface area contributed by atoms with Crippen LogP contribution < -0.4 is 20.9 Å². The van der Waals surface area contributed by atoms with Crippen LogP contribution >= 0.6 is 0 Å². The first-order valence-electron chi connectivity index (χ1n) is 10.4. The normalized spacial score (nSPS) is 10.8. The van der Waals surface area contributed by atoms with Gasteiger partial charge in [-0.3, -0.25) is 0 Å². The molecule has 0 aliphatic carbocycles. The second kappa shape index (κ2) is 9.26. The topological polar surface area (TPSA) is 70.5 Å². The van der Waals surface area contributed by atoms with E-state index in [2.05, 4.69) is 19.1 Å². The van der Waals surface area contributed by atoms with E-state index in [0.717, 1.165) is 29.0 Å². The first-order valence-corrected chi connectivity index (χ1v) is 10.4. The Hall–Kier alpha value is -3.92. The fourth-order valence-electron chi connectivity index (χ4n) is 3.71. The number of hydrogen-bond donors (Lipinski definition) is 2. The molecule has 0 heterocycles. The third-order valence-corrected chi connectivity index (χ3v) is 5.27. The minimum Gasteiger partial charge on any atom is -0.455 e. The quantitative estimate of drug-likeness (QED) is 0.323. The summed E-state index contributed by atoms with van der Waals surface area (Å²) >= 11 is 0. The average Bonchev–Trinajstić information content (AvgIpc) is 2.79. The molecule has 0 radical (unpaired) electrons. The fraction of sp³-hybridized carbons (Fsp3) is 0.111. The van der Waals surface area contributed by atoms with Crippen molar-refractivity contribution in [2.24, 2.45) is 0 Å². The van der Waals surface area contributed by atoms with E-state index in [4.69, 9.17) is 20.9 Å². The van der Waals surface area contributed by atoms with Gasteiger partial charge in [-0.15, -0.1) is 0 Å². The van der Waals surface area contributed by atoms with Crippen LogP contribution in [-0.2, 0) is 0 Å². The molecule has 31 heavy (non-hydrogen) atoms. The highest BCUT2D eigenvalue weighted by Gasteiger charge is 2.21. The van der Waals surface area contributed by atoms with Crippen LogP contribution in [0.1, 0.15) is 30.4 Å². The minimum atomic E-state index is 0.0715. The van der Waals surface area contributed by atoms with E-state index >= 15 is 0 Å². The van der Waals surface area contributed by atoms with E-state index < -0.39 is 0 Å². The molecule has 0 unspecified atom stereocenters. The van der Waals surface area contributed by atoms with Crippen LogP contribution in [-0.4, -0.2) is 0 Å². The maximum Gasteiger partial charge on any atom is 0.150 e. The number of hydrogen-bond acceptors (Lipinski definition) is 4. The lowest BCUT2D eigenvalue weighted by molar-refractivity contribution is 0.464. The van der Waals surface area contributed by atoms with Gasteiger partial charge in [-0.05, 0) is 42.8 Å². The lowest BCUT2D eigenvalue weighted by Gasteiger charge is -2.22. The number of benzene rings is 4. The van der Waals surface area contributed by atoms with Gasteiger partial charge in [0.25, 0.3) is 0 Å². The van der Waals surface area contributed by atoms with Gasteiger partial charge in [0, 0.05) is 17.0 Å². The van der Waals surface area contributed by atoms with Crippen molar-refractivity contribution < 1.29 is 9.47 Å². The van der Waals surface area contributed by atoms with Gasteiger partial charge in [-0.25, -0.2) is 0 Å². The van der Waals surface area contributed by atoms with E-state index in [-0.39, 0.29) is 5.92 Å². The number of ether oxygens (including phenoxy) is 2. The van der Waals surface area contributed by atoms with Crippen molar-refractivity contribution in [1.82, 2.24) is 0 Å². The third-order valence-electron chi connectivity index (χ3n) is 5.27. The predicted molar refractivity (Wildman–Crippen MR) is 127 cm³/mol. The Morgan fingerprint density at radius 2 is 0.903 bits per heavy atom. The lowest BCUT2D eigenvalue weighted by Crippen LogP contribution is -2.05. The van der Waals surface area contributed by atoms with Gasteiger partial charge in [0.2, 0.25) is 0 Å². The zero-order valence-electron chi connectivity index (χ0n) is 17.5. The molecular weight excluding hydrogens is 384 g/mol. The molecule has 4 rings (SSSR count). The minimum absolute atomic E-state index is 0.0715. The number of nitrogens with two attached hydrogens (primary N) is 2. The largest absolute Gasteiger partial charge is 0.455 e. The Labute approximate surface area is 183 Å². The Balaban J connectivity index is 1.73. The SMILES string of the molecule is CCC(c1ccccc1Oc1ccccc1N)c1ccccc1Oc1ccccc1N. The van der Waals surface area contributed by atoms with Crippen LogP contribution in [0.25, 0.3) is 0 Å². The van der Waals surface area contributed by atoms with Crippen molar-refractivity contribution >= 4 is 11.4 Å². The Kier molecular flexibility index (Phi) is 6.08. The third kappa shape index (κ3) is 4.48. The van der Waals surface area contributed by atoms with Crippen LogP contribution in [0.3, 0.4) is 0 Å². The molecule has 0 saturated carbocycles. The van der Waals surface area contributed by atoms with Gasteiger partial charge in [0.1, 0.15) is 23.0 Å². The summed E-state index contributed by atoms with van der Waals surface area (Å²) in [6.45, 7) is 2.16. The summed E-state index contributed by atoms with van der Waals surface area (Å²) in [5, 5.41) is 0. The van der Waals surface area contributed by atoms with Gasteiger partial charge in [-0.1, -0.05) is 67.6 Å². The average molecular weight is 411 g/mol. The summed E-state index contributed by atoms with van der Waals surface area (Å²) in [5.74, 6) is 2.92. The molecule has 4 aromatic rings. The Bertz CT molecular complexity index is 1080. The van der Waals surface area contributed by atoms with E-state index in [0.29, 0.717) is 22.9 Å². The maximum atomic E-state index is 6.24. The smallest absolute Gasteiger partial charge is 0.150 e. The first kappa shape index (κ1) is 20.4. The van der Waals surface area contributed by atoms with Crippen LogP contribution in [0.4, 0.5) is 11.4 Å². The van der Waals surface area contributed by atoms with Crippen LogP contribution in [0, 0.1) is 0 Å². The van der Waals surface area contributed by atoms with E-state index in [1.807, 2.05) is 84.9 Å². The Morgan fingerprint density at radius 3 is 1.29 bits per heavy atom. The van der Waals surface area contributed by atoms with E-state index in [9.17, 15) is 0 Å². The van der Waals surface area contributed by atoms with E-state index in [1.165, 1.54) is 0 Å². The highest BCUT2D eigenvalue weighted by molar-refractivity contribution is 5.57. The standard InChI is InChI=1S/C27H26N2O2/c1-2-19(20-11-3-7-15-24(20)30-26-17-9-5-13-22(26)28)21-12-4-8-16-25(21)31-27-18-10-6-14-23(27)29/h3-19H,2,28-29H2,1H3. The van der Waals surface area contributed by atoms with Crippen LogP contribution in [0.15, 0.2) is 97.1 Å². The molecule has 0 aliphatic rings. The summed E-state index contributed by atoms with van der Waals surface area (Å²) < 4.78 is 12.5. The lowest BCUT2D eigenvalue weighted by atomic mass is 9.88. The number of anilines is 2. The van der Waals surface area contributed by atoms with Crippen molar-refractivity contribution in [2.45, 2.75) is 19.3 Å².